The summed E-state index contributed by atoms with van der Waals surface area (Å²) >= 11 is 0. The fourth-order valence-electron chi connectivity index (χ4n) is 4.26. The summed E-state index contributed by atoms with van der Waals surface area (Å²) in [6.45, 7) is 1.70. The van der Waals surface area contributed by atoms with Gasteiger partial charge in [-0.05, 0) is 30.9 Å². The highest BCUT2D eigenvalue weighted by Gasteiger charge is 2.46. The number of hydrogen-bond acceptors (Lipinski definition) is 5. The van der Waals surface area contributed by atoms with Gasteiger partial charge in [-0.3, -0.25) is 9.59 Å². The van der Waals surface area contributed by atoms with Gasteiger partial charge in [0, 0.05) is 32.2 Å². The predicted molar refractivity (Wildman–Crippen MR) is 105 cm³/mol. The van der Waals surface area contributed by atoms with E-state index in [4.69, 9.17) is 9.15 Å². The monoisotopic (exact) mass is 398 g/mol. The zero-order chi connectivity index (χ0) is 20.3. The lowest BCUT2D eigenvalue weighted by molar-refractivity contribution is -0.133. The van der Waals surface area contributed by atoms with Crippen LogP contribution in [0.2, 0.25) is 0 Å². The number of carbonyl (C=O) groups excluding carboxylic acids is 2. The van der Waals surface area contributed by atoms with Crippen LogP contribution in [0.5, 0.6) is 0 Å². The van der Waals surface area contributed by atoms with E-state index < -0.39 is 11.6 Å². The normalized spacial score (nSPS) is 25.6. The van der Waals surface area contributed by atoms with Gasteiger partial charge in [-0.2, -0.15) is 0 Å². The molecule has 0 bridgehead atoms. The second-order valence-electron chi connectivity index (χ2n) is 7.74. The molecule has 2 N–H and O–H groups in total. The minimum Gasteiger partial charge on any atom is -0.472 e. The molecule has 2 aliphatic heterocycles. The van der Waals surface area contributed by atoms with Crippen LogP contribution < -0.4 is 5.32 Å². The molecule has 154 valence electrons. The molecule has 2 aliphatic rings. The van der Waals surface area contributed by atoms with Crippen molar-refractivity contribution >= 4 is 11.8 Å². The third-order valence-electron chi connectivity index (χ3n) is 6.02. The van der Waals surface area contributed by atoms with Crippen molar-refractivity contribution in [2.75, 3.05) is 26.3 Å². The van der Waals surface area contributed by atoms with Crippen molar-refractivity contribution in [3.05, 3.63) is 60.1 Å². The lowest BCUT2D eigenvalue weighted by Crippen LogP contribution is -2.63. The summed E-state index contributed by atoms with van der Waals surface area (Å²) < 4.78 is 10.4. The van der Waals surface area contributed by atoms with Crippen LogP contribution in [0.25, 0.3) is 0 Å². The summed E-state index contributed by atoms with van der Waals surface area (Å²) in [6, 6.07) is 11.1. The number of rotatable bonds is 4. The molecule has 0 saturated carbocycles. The largest absolute Gasteiger partial charge is 0.472 e. The molecule has 0 aliphatic carbocycles. The number of hydrogen-bond donors (Lipinski definition) is 2. The molecule has 2 atom stereocenters. The van der Waals surface area contributed by atoms with Crippen LogP contribution in [-0.4, -0.2) is 54.2 Å². The lowest BCUT2D eigenvalue weighted by atomic mass is 9.77. The van der Waals surface area contributed by atoms with Crippen molar-refractivity contribution in [1.29, 1.82) is 0 Å². The van der Waals surface area contributed by atoms with Gasteiger partial charge < -0.3 is 24.5 Å². The van der Waals surface area contributed by atoms with E-state index in [1.54, 1.807) is 11.0 Å². The van der Waals surface area contributed by atoms with Crippen molar-refractivity contribution in [1.82, 2.24) is 10.2 Å². The number of piperidine rings is 1. The Morgan fingerprint density at radius 3 is 2.55 bits per heavy atom. The van der Waals surface area contributed by atoms with Gasteiger partial charge in [0.1, 0.15) is 6.26 Å². The van der Waals surface area contributed by atoms with Gasteiger partial charge in [-0.25, -0.2) is 0 Å². The first-order valence-electron chi connectivity index (χ1n) is 10.0. The summed E-state index contributed by atoms with van der Waals surface area (Å²) in [5, 5.41) is 14.3. The molecule has 2 amide bonds. The Morgan fingerprint density at radius 1 is 1.14 bits per heavy atom. The van der Waals surface area contributed by atoms with Crippen LogP contribution in [0.4, 0.5) is 0 Å². The quantitative estimate of drug-likeness (QED) is 0.821. The second kappa shape index (κ2) is 8.39. The van der Waals surface area contributed by atoms with Crippen molar-refractivity contribution in [2.45, 2.75) is 30.9 Å². The molecule has 4 rings (SSSR count). The molecule has 1 aromatic heterocycles. The Bertz CT molecular complexity index is 832. The van der Waals surface area contributed by atoms with Crippen LogP contribution in [0.3, 0.4) is 0 Å². The first-order chi connectivity index (χ1) is 14.1. The number of nitrogens with zero attached hydrogens (tertiary/aromatic N) is 1. The number of β-amino-alcohol motifs (C(OH)–C–C–N with tert-alkyl or cyclic N) is 1. The van der Waals surface area contributed by atoms with E-state index in [1.807, 2.05) is 30.3 Å². The average Bonchev–Trinajstić information content (AvgIpc) is 3.31. The van der Waals surface area contributed by atoms with E-state index in [0.29, 0.717) is 44.6 Å². The number of nitrogens with one attached hydrogen (secondary N) is 1. The van der Waals surface area contributed by atoms with E-state index in [-0.39, 0.29) is 24.3 Å². The second-order valence-corrected chi connectivity index (χ2v) is 7.74. The maximum absolute atomic E-state index is 13.0. The van der Waals surface area contributed by atoms with Crippen LogP contribution in [0.1, 0.15) is 35.2 Å². The molecule has 29 heavy (non-hydrogen) atoms. The molecule has 2 aromatic rings. The van der Waals surface area contributed by atoms with Gasteiger partial charge in [-0.15, -0.1) is 0 Å². The highest BCUT2D eigenvalue weighted by molar-refractivity contribution is 5.94. The van der Waals surface area contributed by atoms with Gasteiger partial charge in [-0.1, -0.05) is 30.3 Å². The third-order valence-corrected chi connectivity index (χ3v) is 6.02. The number of furan rings is 1. The van der Waals surface area contributed by atoms with Gasteiger partial charge in [0.15, 0.2) is 0 Å². The molecule has 3 heterocycles. The number of aliphatic hydroxyl groups excluding tert-OH is 1. The number of aliphatic hydroxyl groups is 1. The summed E-state index contributed by atoms with van der Waals surface area (Å²) in [5.74, 6) is -0.372. The van der Waals surface area contributed by atoms with Gasteiger partial charge in [0.2, 0.25) is 5.91 Å². The zero-order valence-electron chi connectivity index (χ0n) is 16.3. The summed E-state index contributed by atoms with van der Waals surface area (Å²) in [6.07, 6.45) is 3.71. The predicted octanol–water partition coefficient (Wildman–Crippen LogP) is 1.92. The van der Waals surface area contributed by atoms with Crippen molar-refractivity contribution in [3.8, 4) is 0 Å². The summed E-state index contributed by atoms with van der Waals surface area (Å²) in [5.41, 5.74) is 0.378. The highest BCUT2D eigenvalue weighted by atomic mass is 16.5. The number of likely N-dealkylation sites (tertiary alicyclic amines) is 1. The number of carbonyl (C=O) groups is 2. The van der Waals surface area contributed by atoms with Crippen LogP contribution in [0.15, 0.2) is 53.3 Å². The Hall–Kier alpha value is -2.64. The fourth-order valence-corrected chi connectivity index (χ4v) is 4.26. The van der Waals surface area contributed by atoms with Crippen LogP contribution >= 0.6 is 0 Å². The number of amides is 2. The average molecular weight is 398 g/mol. The standard InChI is InChI=1S/C22H26N2O5/c25-19-14-24(21(27)17-8-13-29-15-17)10-9-22(19,18-4-2-1-3-5-18)23-20(26)16-6-11-28-12-7-16/h1-5,8,13,15-16,19,25H,6-7,9-12,14H2,(H,23,26)/t19-,22-/m1/s1. The number of ether oxygens (including phenoxy) is 1. The molecule has 0 spiro atoms. The SMILES string of the molecule is O=C(N[C@@]1(c2ccccc2)CCN(C(=O)c2ccoc2)C[C@H]1O)C1CCOCC1. The summed E-state index contributed by atoms with van der Waals surface area (Å²) in [4.78, 5) is 27.3. The Labute approximate surface area is 169 Å². The molecule has 1 aromatic carbocycles. The van der Waals surface area contributed by atoms with E-state index in [0.717, 1.165) is 5.56 Å². The Balaban J connectivity index is 1.56. The maximum Gasteiger partial charge on any atom is 0.257 e. The topological polar surface area (TPSA) is 92.0 Å². The zero-order valence-corrected chi connectivity index (χ0v) is 16.3. The maximum atomic E-state index is 13.0. The van der Waals surface area contributed by atoms with Crippen molar-refractivity contribution < 1.29 is 23.8 Å². The van der Waals surface area contributed by atoms with Gasteiger partial charge in [0.05, 0.1) is 23.5 Å². The summed E-state index contributed by atoms with van der Waals surface area (Å²) in [7, 11) is 0. The molecule has 0 unspecified atom stereocenters. The highest BCUT2D eigenvalue weighted by Crippen LogP contribution is 2.35. The van der Waals surface area contributed by atoms with Crippen LogP contribution in [-0.2, 0) is 15.1 Å². The van der Waals surface area contributed by atoms with E-state index in [1.165, 1.54) is 12.5 Å². The molecular formula is C22H26N2O5. The smallest absolute Gasteiger partial charge is 0.257 e. The van der Waals surface area contributed by atoms with Crippen LogP contribution in [0, 0.1) is 5.92 Å². The number of benzene rings is 1. The van der Waals surface area contributed by atoms with Gasteiger partial charge in [0.25, 0.3) is 5.91 Å². The van der Waals surface area contributed by atoms with E-state index in [2.05, 4.69) is 5.32 Å². The molecule has 2 fully saturated rings. The molecular weight excluding hydrogens is 372 g/mol. The van der Waals surface area contributed by atoms with Crippen molar-refractivity contribution in [3.63, 3.8) is 0 Å². The van der Waals surface area contributed by atoms with Crippen molar-refractivity contribution in [2.24, 2.45) is 5.92 Å². The van der Waals surface area contributed by atoms with Gasteiger partial charge >= 0.3 is 0 Å². The minimum atomic E-state index is -0.932. The minimum absolute atomic E-state index is 0.0641. The lowest BCUT2D eigenvalue weighted by Gasteiger charge is -2.47. The Kier molecular flexibility index (Phi) is 5.69. The fraction of sp³-hybridized carbons (Fsp3) is 0.455. The third kappa shape index (κ3) is 3.93. The van der Waals surface area contributed by atoms with E-state index >= 15 is 0 Å². The molecule has 7 nitrogen and oxygen atoms in total. The molecule has 0 radical (unpaired) electrons. The first-order valence-corrected chi connectivity index (χ1v) is 10.0. The first kappa shape index (κ1) is 19.7. The van der Waals surface area contributed by atoms with E-state index in [9.17, 15) is 14.7 Å². The molecule has 7 heteroatoms. The Morgan fingerprint density at radius 2 is 1.90 bits per heavy atom. The molecule has 2 saturated heterocycles.